The van der Waals surface area contributed by atoms with E-state index in [-0.39, 0.29) is 23.9 Å². The standard InChI is InChI=1S/C18H26F2N4O/c1-18(2,3)16(11-5-4-10(19)8-13(11)20)22-17(25)15-12-9-21-7-6-14(12)23-24-15/h4-5,8,12,14-16,21,23-24H,6-7,9H2,1-3H3,(H,22,25). The van der Waals surface area contributed by atoms with Crippen LogP contribution in [0.2, 0.25) is 0 Å². The molecule has 2 heterocycles. The molecule has 4 atom stereocenters. The minimum absolute atomic E-state index is 0.146. The first kappa shape index (κ1) is 18.2. The minimum atomic E-state index is -0.644. The molecule has 0 aliphatic carbocycles. The second kappa shape index (κ2) is 6.97. The predicted octanol–water partition coefficient (Wildman–Crippen LogP) is 1.62. The van der Waals surface area contributed by atoms with Crippen LogP contribution in [0.4, 0.5) is 8.78 Å². The molecule has 25 heavy (non-hydrogen) atoms. The lowest BCUT2D eigenvalue weighted by atomic mass is 9.81. The van der Waals surface area contributed by atoms with E-state index < -0.39 is 23.1 Å². The zero-order chi connectivity index (χ0) is 18.2. The molecule has 0 saturated carbocycles. The molecule has 1 aromatic carbocycles. The highest BCUT2D eigenvalue weighted by atomic mass is 19.1. The SMILES string of the molecule is CC(C)(C)C(NC(=O)C1NNC2CCNCC21)c1ccc(F)cc1F. The molecular weight excluding hydrogens is 326 g/mol. The van der Waals surface area contributed by atoms with Gasteiger partial charge in [-0.3, -0.25) is 10.2 Å². The largest absolute Gasteiger partial charge is 0.347 e. The van der Waals surface area contributed by atoms with Crippen LogP contribution >= 0.6 is 0 Å². The third-order valence-electron chi connectivity index (χ3n) is 5.09. The monoisotopic (exact) mass is 352 g/mol. The van der Waals surface area contributed by atoms with Crippen molar-refractivity contribution in [3.63, 3.8) is 0 Å². The van der Waals surface area contributed by atoms with Gasteiger partial charge in [0, 0.05) is 30.1 Å². The third-order valence-corrected chi connectivity index (χ3v) is 5.09. The van der Waals surface area contributed by atoms with E-state index in [1.807, 2.05) is 20.8 Å². The lowest BCUT2D eigenvalue weighted by Gasteiger charge is -2.34. The number of nitrogens with one attached hydrogen (secondary N) is 4. The van der Waals surface area contributed by atoms with Crippen molar-refractivity contribution < 1.29 is 13.6 Å². The van der Waals surface area contributed by atoms with Gasteiger partial charge in [-0.1, -0.05) is 26.8 Å². The molecule has 138 valence electrons. The van der Waals surface area contributed by atoms with Gasteiger partial charge < -0.3 is 10.6 Å². The maximum absolute atomic E-state index is 14.3. The van der Waals surface area contributed by atoms with Crippen LogP contribution in [-0.2, 0) is 4.79 Å². The number of hydrazine groups is 1. The summed E-state index contributed by atoms with van der Waals surface area (Å²) in [5, 5.41) is 6.29. The summed E-state index contributed by atoms with van der Waals surface area (Å²) in [4.78, 5) is 12.9. The fraction of sp³-hybridized carbons (Fsp3) is 0.611. The highest BCUT2D eigenvalue weighted by molar-refractivity contribution is 5.83. The van der Waals surface area contributed by atoms with Crippen molar-refractivity contribution in [2.75, 3.05) is 13.1 Å². The second-order valence-electron chi connectivity index (χ2n) is 8.00. The number of halogens is 2. The Bertz CT molecular complexity index is 646. The van der Waals surface area contributed by atoms with Crippen molar-refractivity contribution in [1.29, 1.82) is 0 Å². The van der Waals surface area contributed by atoms with Gasteiger partial charge in [0.1, 0.15) is 17.7 Å². The smallest absolute Gasteiger partial charge is 0.239 e. The average Bonchev–Trinajstić information content (AvgIpc) is 2.96. The van der Waals surface area contributed by atoms with E-state index in [4.69, 9.17) is 0 Å². The Morgan fingerprint density at radius 1 is 1.28 bits per heavy atom. The Kier molecular flexibility index (Phi) is 5.09. The van der Waals surface area contributed by atoms with Gasteiger partial charge in [-0.05, 0) is 24.4 Å². The van der Waals surface area contributed by atoms with Crippen LogP contribution in [-0.4, -0.2) is 31.1 Å². The molecule has 0 aromatic heterocycles. The fourth-order valence-corrected chi connectivity index (χ4v) is 3.70. The number of hydrogen-bond acceptors (Lipinski definition) is 4. The van der Waals surface area contributed by atoms with E-state index in [0.717, 1.165) is 25.6 Å². The normalized spacial score (nSPS) is 27.6. The van der Waals surface area contributed by atoms with Crippen molar-refractivity contribution >= 4 is 5.91 Å². The summed E-state index contributed by atoms with van der Waals surface area (Å²) in [5.74, 6) is -1.30. The van der Waals surface area contributed by atoms with Gasteiger partial charge in [0.25, 0.3) is 0 Å². The lowest BCUT2D eigenvalue weighted by molar-refractivity contribution is -0.125. The summed E-state index contributed by atoms with van der Waals surface area (Å²) in [6.07, 6.45) is 0.955. The zero-order valence-electron chi connectivity index (χ0n) is 14.8. The second-order valence-corrected chi connectivity index (χ2v) is 8.00. The van der Waals surface area contributed by atoms with E-state index in [9.17, 15) is 13.6 Å². The molecule has 1 aromatic rings. The molecular formula is C18H26F2N4O. The first-order valence-corrected chi connectivity index (χ1v) is 8.74. The number of hydrogen-bond donors (Lipinski definition) is 4. The number of amides is 1. The van der Waals surface area contributed by atoms with E-state index in [1.54, 1.807) is 0 Å². The summed E-state index contributed by atoms with van der Waals surface area (Å²) in [5.41, 5.74) is 6.13. The molecule has 2 saturated heterocycles. The molecule has 0 bridgehead atoms. The van der Waals surface area contributed by atoms with Crippen LogP contribution < -0.4 is 21.5 Å². The Labute approximate surface area is 146 Å². The highest BCUT2D eigenvalue weighted by Crippen LogP contribution is 2.35. The molecule has 5 nitrogen and oxygen atoms in total. The summed E-state index contributed by atoms with van der Waals surface area (Å²) >= 11 is 0. The van der Waals surface area contributed by atoms with Crippen LogP contribution in [0, 0.1) is 23.0 Å². The predicted molar refractivity (Wildman–Crippen MR) is 91.5 cm³/mol. The summed E-state index contributed by atoms with van der Waals surface area (Å²) < 4.78 is 27.5. The zero-order valence-corrected chi connectivity index (χ0v) is 14.8. The number of benzene rings is 1. The van der Waals surface area contributed by atoms with Gasteiger partial charge in [-0.25, -0.2) is 14.2 Å². The Balaban J connectivity index is 1.80. The lowest BCUT2D eigenvalue weighted by Crippen LogP contribution is -2.51. The van der Waals surface area contributed by atoms with Crippen molar-refractivity contribution in [3.8, 4) is 0 Å². The molecule has 3 rings (SSSR count). The number of carbonyl (C=O) groups is 1. The quantitative estimate of drug-likeness (QED) is 0.668. The minimum Gasteiger partial charge on any atom is -0.347 e. The Hall–Kier alpha value is -1.57. The number of fused-ring (bicyclic) bond motifs is 1. The molecule has 0 spiro atoms. The van der Waals surface area contributed by atoms with Crippen LogP contribution in [0.15, 0.2) is 18.2 Å². The van der Waals surface area contributed by atoms with Gasteiger partial charge in [-0.15, -0.1) is 0 Å². The topological polar surface area (TPSA) is 65.2 Å². The molecule has 4 unspecified atom stereocenters. The van der Waals surface area contributed by atoms with E-state index in [2.05, 4.69) is 21.5 Å². The molecule has 2 fully saturated rings. The van der Waals surface area contributed by atoms with Gasteiger partial charge >= 0.3 is 0 Å². The van der Waals surface area contributed by atoms with Gasteiger partial charge in [0.2, 0.25) is 5.91 Å². The van der Waals surface area contributed by atoms with Crippen LogP contribution in [0.5, 0.6) is 0 Å². The van der Waals surface area contributed by atoms with Gasteiger partial charge in [-0.2, -0.15) is 0 Å². The number of piperidine rings is 1. The van der Waals surface area contributed by atoms with E-state index in [1.165, 1.54) is 12.1 Å². The first-order valence-electron chi connectivity index (χ1n) is 8.74. The average molecular weight is 352 g/mol. The number of rotatable bonds is 3. The first-order chi connectivity index (χ1) is 11.8. The van der Waals surface area contributed by atoms with E-state index in [0.29, 0.717) is 5.56 Å². The van der Waals surface area contributed by atoms with Crippen LogP contribution in [0.1, 0.15) is 38.8 Å². The van der Waals surface area contributed by atoms with Crippen LogP contribution in [0.3, 0.4) is 0 Å². The third kappa shape index (κ3) is 3.83. The molecule has 2 aliphatic heterocycles. The molecule has 4 N–H and O–H groups in total. The van der Waals surface area contributed by atoms with Crippen molar-refractivity contribution in [1.82, 2.24) is 21.5 Å². The highest BCUT2D eigenvalue weighted by Gasteiger charge is 2.42. The maximum atomic E-state index is 14.3. The van der Waals surface area contributed by atoms with Gasteiger partial charge in [0.05, 0.1) is 6.04 Å². The molecule has 1 amide bonds. The van der Waals surface area contributed by atoms with Gasteiger partial charge in [0.15, 0.2) is 0 Å². The van der Waals surface area contributed by atoms with Crippen molar-refractivity contribution in [2.24, 2.45) is 11.3 Å². The Morgan fingerprint density at radius 3 is 2.72 bits per heavy atom. The molecule has 0 radical (unpaired) electrons. The molecule has 2 aliphatic rings. The maximum Gasteiger partial charge on any atom is 0.239 e. The van der Waals surface area contributed by atoms with Crippen molar-refractivity contribution in [3.05, 3.63) is 35.4 Å². The fourth-order valence-electron chi connectivity index (χ4n) is 3.70. The summed E-state index contributed by atoms with van der Waals surface area (Å²) in [6, 6.07) is 2.81. The van der Waals surface area contributed by atoms with E-state index >= 15 is 0 Å². The summed E-state index contributed by atoms with van der Waals surface area (Å²) in [6.45, 7) is 7.45. The summed E-state index contributed by atoms with van der Waals surface area (Å²) in [7, 11) is 0. The van der Waals surface area contributed by atoms with Crippen LogP contribution in [0.25, 0.3) is 0 Å². The number of carbonyl (C=O) groups excluding carboxylic acids is 1. The Morgan fingerprint density at radius 2 is 2.04 bits per heavy atom. The van der Waals surface area contributed by atoms with Crippen molar-refractivity contribution in [2.45, 2.75) is 45.3 Å². The molecule has 7 heteroatoms.